The highest BCUT2D eigenvalue weighted by molar-refractivity contribution is 5.81. The van der Waals surface area contributed by atoms with Crippen LogP contribution in [-0.4, -0.2) is 57.4 Å². The van der Waals surface area contributed by atoms with Crippen LogP contribution in [0.3, 0.4) is 0 Å². The normalized spacial score (nSPS) is 16.5. The van der Waals surface area contributed by atoms with Gasteiger partial charge in [-0.1, -0.05) is 13.8 Å². The SMILES string of the molecule is CC(C)[C@@H](C)NC(=O)COC(=O)C1CCN(c2ccc3nnc(C(F)(F)F)n3n2)CC1. The number of ether oxygens (including phenoxy) is 1. The summed E-state index contributed by atoms with van der Waals surface area (Å²) in [5.74, 6) is -1.76. The van der Waals surface area contributed by atoms with E-state index in [1.54, 1.807) is 11.0 Å². The Morgan fingerprint density at radius 2 is 1.87 bits per heavy atom. The van der Waals surface area contributed by atoms with Gasteiger partial charge in [-0.05, 0) is 37.8 Å². The second-order valence-corrected chi connectivity index (χ2v) is 7.95. The smallest absolute Gasteiger partial charge is 0.453 e. The van der Waals surface area contributed by atoms with Crippen LogP contribution in [0.4, 0.5) is 19.0 Å². The average Bonchev–Trinajstić information content (AvgIpc) is 3.15. The lowest BCUT2D eigenvalue weighted by molar-refractivity contribution is -0.153. The summed E-state index contributed by atoms with van der Waals surface area (Å²) in [4.78, 5) is 25.9. The highest BCUT2D eigenvalue weighted by atomic mass is 19.4. The number of amides is 1. The van der Waals surface area contributed by atoms with Crippen molar-refractivity contribution in [3.8, 4) is 0 Å². The van der Waals surface area contributed by atoms with Crippen LogP contribution < -0.4 is 10.2 Å². The van der Waals surface area contributed by atoms with Gasteiger partial charge >= 0.3 is 12.1 Å². The second kappa shape index (κ2) is 9.06. The summed E-state index contributed by atoms with van der Waals surface area (Å²) in [6.07, 6.45) is -3.78. The lowest BCUT2D eigenvalue weighted by Crippen LogP contribution is -2.40. The number of fused-ring (bicyclic) bond motifs is 1. The molecule has 0 radical (unpaired) electrons. The van der Waals surface area contributed by atoms with E-state index in [2.05, 4.69) is 20.6 Å². The van der Waals surface area contributed by atoms with Crippen LogP contribution in [0.1, 0.15) is 39.4 Å². The van der Waals surface area contributed by atoms with Crippen LogP contribution >= 0.6 is 0 Å². The first-order chi connectivity index (χ1) is 14.6. The molecule has 31 heavy (non-hydrogen) atoms. The van der Waals surface area contributed by atoms with Crippen LogP contribution in [-0.2, 0) is 20.5 Å². The molecule has 0 saturated carbocycles. The topological polar surface area (TPSA) is 102 Å². The van der Waals surface area contributed by atoms with Crippen molar-refractivity contribution >= 4 is 23.3 Å². The van der Waals surface area contributed by atoms with Crippen LogP contribution in [0.2, 0.25) is 0 Å². The zero-order chi connectivity index (χ0) is 22.8. The molecule has 12 heteroatoms. The van der Waals surface area contributed by atoms with Gasteiger partial charge in [0.1, 0.15) is 5.82 Å². The zero-order valence-corrected chi connectivity index (χ0v) is 17.5. The molecule has 0 bridgehead atoms. The summed E-state index contributed by atoms with van der Waals surface area (Å²) in [5, 5.41) is 13.4. The number of hydrogen-bond donors (Lipinski definition) is 1. The molecule has 0 aromatic carbocycles. The Morgan fingerprint density at radius 3 is 2.48 bits per heavy atom. The number of anilines is 1. The van der Waals surface area contributed by atoms with Crippen molar-refractivity contribution in [2.45, 2.75) is 45.8 Å². The largest absolute Gasteiger partial charge is 0.455 e. The molecule has 0 unspecified atom stereocenters. The molecule has 170 valence electrons. The molecule has 2 aromatic heterocycles. The Bertz CT molecular complexity index is 938. The van der Waals surface area contributed by atoms with Gasteiger partial charge in [-0.2, -0.15) is 17.7 Å². The van der Waals surface area contributed by atoms with Gasteiger partial charge in [0.05, 0.1) is 5.92 Å². The molecule has 3 heterocycles. The van der Waals surface area contributed by atoms with Gasteiger partial charge in [0.2, 0.25) is 0 Å². The van der Waals surface area contributed by atoms with Crippen molar-refractivity contribution in [1.82, 2.24) is 25.1 Å². The van der Waals surface area contributed by atoms with E-state index in [0.717, 1.165) is 0 Å². The lowest BCUT2D eigenvalue weighted by Gasteiger charge is -2.31. The molecule has 2 aromatic rings. The number of rotatable bonds is 6. The van der Waals surface area contributed by atoms with Gasteiger partial charge in [0.15, 0.2) is 12.3 Å². The number of carbonyl (C=O) groups is 2. The number of esters is 1. The third-order valence-corrected chi connectivity index (χ3v) is 5.39. The number of halogens is 3. The molecule has 1 aliphatic heterocycles. The van der Waals surface area contributed by atoms with Gasteiger partial charge in [-0.3, -0.25) is 9.59 Å². The Labute approximate surface area is 176 Å². The van der Waals surface area contributed by atoms with E-state index in [4.69, 9.17) is 4.74 Å². The standard InChI is InChI=1S/C19H25F3N6O3/c1-11(2)12(3)23-16(29)10-31-17(30)13-6-8-27(9-7-13)15-5-4-14-24-25-18(19(20,21)22)28(14)26-15/h4-5,11-13H,6-10H2,1-3H3,(H,23,29)/t12-/m1/s1. The molecule has 0 aliphatic carbocycles. The average molecular weight is 442 g/mol. The molecule has 0 spiro atoms. The van der Waals surface area contributed by atoms with E-state index in [1.807, 2.05) is 20.8 Å². The van der Waals surface area contributed by atoms with Crippen molar-refractivity contribution in [3.63, 3.8) is 0 Å². The number of nitrogens with zero attached hydrogens (tertiary/aromatic N) is 5. The Hall–Kier alpha value is -2.92. The Kier molecular flexibility index (Phi) is 6.65. The zero-order valence-electron chi connectivity index (χ0n) is 17.5. The van der Waals surface area contributed by atoms with Crippen LogP contribution in [0.25, 0.3) is 5.65 Å². The first-order valence-electron chi connectivity index (χ1n) is 10.1. The van der Waals surface area contributed by atoms with Gasteiger partial charge in [0.25, 0.3) is 11.7 Å². The van der Waals surface area contributed by atoms with E-state index >= 15 is 0 Å². The molecule has 1 atom stereocenters. The van der Waals surface area contributed by atoms with Gasteiger partial charge in [-0.15, -0.1) is 15.3 Å². The summed E-state index contributed by atoms with van der Waals surface area (Å²) < 4.78 is 44.9. The minimum atomic E-state index is -4.67. The first kappa shape index (κ1) is 22.8. The van der Waals surface area contributed by atoms with Crippen molar-refractivity contribution in [2.75, 3.05) is 24.6 Å². The van der Waals surface area contributed by atoms with Gasteiger partial charge in [0, 0.05) is 19.1 Å². The number of aromatic nitrogens is 4. The van der Waals surface area contributed by atoms with Crippen molar-refractivity contribution in [1.29, 1.82) is 0 Å². The molecule has 3 rings (SSSR count). The minimum Gasteiger partial charge on any atom is -0.455 e. The predicted octanol–water partition coefficient (Wildman–Crippen LogP) is 2.06. The molecular weight excluding hydrogens is 417 g/mol. The number of nitrogens with one attached hydrogen (secondary N) is 1. The summed E-state index contributed by atoms with van der Waals surface area (Å²) >= 11 is 0. The fraction of sp³-hybridized carbons (Fsp3) is 0.632. The van der Waals surface area contributed by atoms with Gasteiger partial charge < -0.3 is 15.0 Å². The monoisotopic (exact) mass is 442 g/mol. The van der Waals surface area contributed by atoms with E-state index in [0.29, 0.717) is 36.3 Å². The maximum atomic E-state index is 13.0. The van der Waals surface area contributed by atoms with Crippen molar-refractivity contribution in [3.05, 3.63) is 18.0 Å². The molecular formula is C19H25F3N6O3. The summed E-state index contributed by atoms with van der Waals surface area (Å²) in [6.45, 7) is 6.33. The van der Waals surface area contributed by atoms with Crippen molar-refractivity contribution in [2.24, 2.45) is 11.8 Å². The van der Waals surface area contributed by atoms with Crippen molar-refractivity contribution < 1.29 is 27.5 Å². The van der Waals surface area contributed by atoms with E-state index in [9.17, 15) is 22.8 Å². The molecule has 1 aliphatic rings. The predicted molar refractivity (Wildman–Crippen MR) is 104 cm³/mol. The number of alkyl halides is 3. The Morgan fingerprint density at radius 1 is 1.19 bits per heavy atom. The molecule has 1 amide bonds. The van der Waals surface area contributed by atoms with E-state index in [1.165, 1.54) is 6.07 Å². The molecule has 1 N–H and O–H groups in total. The summed E-state index contributed by atoms with van der Waals surface area (Å²) in [5.41, 5.74) is -0.000370. The maximum absolute atomic E-state index is 13.0. The van der Waals surface area contributed by atoms with E-state index in [-0.39, 0.29) is 36.0 Å². The number of hydrogen-bond acceptors (Lipinski definition) is 7. The van der Waals surface area contributed by atoms with Crippen LogP contribution in [0.5, 0.6) is 0 Å². The fourth-order valence-electron chi connectivity index (χ4n) is 3.19. The van der Waals surface area contributed by atoms with Crippen LogP contribution in [0, 0.1) is 11.8 Å². The lowest BCUT2D eigenvalue weighted by atomic mass is 9.97. The first-order valence-corrected chi connectivity index (χ1v) is 10.1. The fourth-order valence-corrected chi connectivity index (χ4v) is 3.19. The van der Waals surface area contributed by atoms with E-state index < -0.39 is 18.0 Å². The van der Waals surface area contributed by atoms with Gasteiger partial charge in [-0.25, -0.2) is 0 Å². The number of carbonyl (C=O) groups excluding carboxylic acids is 2. The summed E-state index contributed by atoms with van der Waals surface area (Å²) in [6, 6.07) is 2.97. The quantitative estimate of drug-likeness (QED) is 0.684. The Balaban J connectivity index is 1.54. The summed E-state index contributed by atoms with van der Waals surface area (Å²) in [7, 11) is 0. The maximum Gasteiger partial charge on any atom is 0.453 e. The number of piperidine rings is 1. The third kappa shape index (κ3) is 5.42. The van der Waals surface area contributed by atoms with Crippen LogP contribution in [0.15, 0.2) is 12.1 Å². The molecule has 1 saturated heterocycles. The third-order valence-electron chi connectivity index (χ3n) is 5.39. The highest BCUT2D eigenvalue weighted by Gasteiger charge is 2.38. The second-order valence-electron chi connectivity index (χ2n) is 7.95. The molecule has 1 fully saturated rings. The molecule has 9 nitrogen and oxygen atoms in total. The highest BCUT2D eigenvalue weighted by Crippen LogP contribution is 2.28. The minimum absolute atomic E-state index is 0.000370.